The Morgan fingerprint density at radius 1 is 1.16 bits per heavy atom. The lowest BCUT2D eigenvalue weighted by Crippen LogP contribution is -2.31. The second-order valence-electron chi connectivity index (χ2n) is 7.22. The van der Waals surface area contributed by atoms with Crippen molar-refractivity contribution in [3.05, 3.63) is 0 Å². The molecule has 19 heavy (non-hydrogen) atoms. The van der Waals surface area contributed by atoms with Crippen molar-refractivity contribution < 1.29 is 4.74 Å². The highest BCUT2D eigenvalue weighted by Crippen LogP contribution is 2.50. The molecule has 0 aromatic carbocycles. The second kappa shape index (κ2) is 6.58. The van der Waals surface area contributed by atoms with E-state index in [0.717, 1.165) is 30.4 Å². The summed E-state index contributed by atoms with van der Waals surface area (Å²) in [4.78, 5) is 0. The normalized spacial score (nSPS) is 39.6. The summed E-state index contributed by atoms with van der Waals surface area (Å²) in [5.41, 5.74) is 0. The fourth-order valence-electron chi connectivity index (χ4n) is 4.83. The first-order valence-corrected chi connectivity index (χ1v) is 8.64. The van der Waals surface area contributed by atoms with Crippen molar-refractivity contribution in [1.29, 1.82) is 0 Å². The molecular formula is C17H31NO. The molecule has 2 nitrogen and oxygen atoms in total. The van der Waals surface area contributed by atoms with Gasteiger partial charge in [-0.05, 0) is 82.6 Å². The van der Waals surface area contributed by atoms with Crippen molar-refractivity contribution in [1.82, 2.24) is 5.32 Å². The van der Waals surface area contributed by atoms with E-state index in [1.165, 1.54) is 57.8 Å². The third-order valence-corrected chi connectivity index (χ3v) is 5.99. The maximum Gasteiger partial charge on any atom is 0.0575 e. The molecule has 1 saturated heterocycles. The molecule has 2 saturated carbocycles. The number of rotatable bonds is 6. The summed E-state index contributed by atoms with van der Waals surface area (Å²) in [6, 6.07) is 0.731. The number of hydrogen-bond donors (Lipinski definition) is 1. The van der Waals surface area contributed by atoms with E-state index < -0.39 is 0 Å². The van der Waals surface area contributed by atoms with Crippen LogP contribution >= 0.6 is 0 Å². The van der Waals surface area contributed by atoms with Crippen LogP contribution in [0.5, 0.6) is 0 Å². The van der Waals surface area contributed by atoms with E-state index in [4.69, 9.17) is 4.74 Å². The average Bonchev–Trinajstić information content (AvgIpc) is 3.07. The van der Waals surface area contributed by atoms with Crippen molar-refractivity contribution in [3.63, 3.8) is 0 Å². The van der Waals surface area contributed by atoms with Gasteiger partial charge in [0.05, 0.1) is 6.10 Å². The van der Waals surface area contributed by atoms with E-state index in [1.807, 2.05) is 0 Å². The van der Waals surface area contributed by atoms with Gasteiger partial charge in [-0.3, -0.25) is 0 Å². The average molecular weight is 265 g/mol. The Morgan fingerprint density at radius 3 is 2.74 bits per heavy atom. The molecule has 0 amide bonds. The minimum Gasteiger partial charge on any atom is -0.378 e. The predicted molar refractivity (Wildman–Crippen MR) is 79.2 cm³/mol. The Hall–Kier alpha value is -0.0800. The molecule has 5 atom stereocenters. The zero-order valence-electron chi connectivity index (χ0n) is 12.6. The van der Waals surface area contributed by atoms with Crippen LogP contribution in [0.3, 0.4) is 0 Å². The fourth-order valence-corrected chi connectivity index (χ4v) is 4.83. The Kier molecular flexibility index (Phi) is 4.81. The van der Waals surface area contributed by atoms with E-state index in [-0.39, 0.29) is 0 Å². The third kappa shape index (κ3) is 3.52. The molecule has 3 fully saturated rings. The summed E-state index contributed by atoms with van der Waals surface area (Å²) < 4.78 is 5.86. The molecule has 3 rings (SSSR count). The van der Waals surface area contributed by atoms with Gasteiger partial charge in [-0.25, -0.2) is 0 Å². The summed E-state index contributed by atoms with van der Waals surface area (Å²) in [5, 5.41) is 3.57. The van der Waals surface area contributed by atoms with Gasteiger partial charge >= 0.3 is 0 Å². The standard InChI is InChI=1S/C17H31NO/c1-18-16(7-8-17-4-2-3-9-19-17)12-15-11-13-5-6-14(15)10-13/h13-18H,2-12H2,1H3. The predicted octanol–water partition coefficient (Wildman–Crippen LogP) is 3.75. The molecule has 3 aliphatic rings. The Bertz CT molecular complexity index is 274. The maximum absolute atomic E-state index is 5.86. The number of ether oxygens (including phenoxy) is 1. The minimum atomic E-state index is 0.560. The minimum absolute atomic E-state index is 0.560. The van der Waals surface area contributed by atoms with Crippen LogP contribution in [0.25, 0.3) is 0 Å². The molecule has 0 aromatic rings. The van der Waals surface area contributed by atoms with Gasteiger partial charge in [-0.15, -0.1) is 0 Å². The second-order valence-corrected chi connectivity index (χ2v) is 7.22. The van der Waals surface area contributed by atoms with E-state index in [2.05, 4.69) is 12.4 Å². The lowest BCUT2D eigenvalue weighted by Gasteiger charge is -2.28. The largest absolute Gasteiger partial charge is 0.378 e. The Labute approximate surface area is 118 Å². The SMILES string of the molecule is CNC(CCC1CCCCO1)CC1CC2CCC1C2. The zero-order chi connectivity index (χ0) is 13.1. The molecule has 1 aliphatic heterocycles. The van der Waals surface area contributed by atoms with E-state index in [9.17, 15) is 0 Å². The van der Waals surface area contributed by atoms with Crippen LogP contribution in [0, 0.1) is 17.8 Å². The summed E-state index contributed by atoms with van der Waals surface area (Å²) in [7, 11) is 2.15. The van der Waals surface area contributed by atoms with Gasteiger partial charge in [0.25, 0.3) is 0 Å². The van der Waals surface area contributed by atoms with Gasteiger partial charge in [0.15, 0.2) is 0 Å². The van der Waals surface area contributed by atoms with Crippen LogP contribution in [0.2, 0.25) is 0 Å². The number of hydrogen-bond acceptors (Lipinski definition) is 2. The number of fused-ring (bicyclic) bond motifs is 2. The van der Waals surface area contributed by atoms with Crippen molar-refractivity contribution in [2.45, 2.75) is 76.4 Å². The maximum atomic E-state index is 5.86. The topological polar surface area (TPSA) is 21.3 Å². The first kappa shape index (κ1) is 13.9. The molecule has 2 aliphatic carbocycles. The first-order chi connectivity index (χ1) is 9.35. The summed E-state index contributed by atoms with van der Waals surface area (Å²) in [5.74, 6) is 3.20. The molecule has 110 valence electrons. The molecular weight excluding hydrogens is 234 g/mol. The molecule has 0 aromatic heterocycles. The van der Waals surface area contributed by atoms with Crippen LogP contribution in [0.1, 0.15) is 64.2 Å². The van der Waals surface area contributed by atoms with E-state index in [0.29, 0.717) is 6.10 Å². The first-order valence-electron chi connectivity index (χ1n) is 8.64. The van der Waals surface area contributed by atoms with E-state index in [1.54, 1.807) is 6.42 Å². The van der Waals surface area contributed by atoms with Gasteiger partial charge in [-0.2, -0.15) is 0 Å². The lowest BCUT2D eigenvalue weighted by atomic mass is 9.83. The van der Waals surface area contributed by atoms with Gasteiger partial charge in [-0.1, -0.05) is 6.42 Å². The summed E-state index contributed by atoms with van der Waals surface area (Å²) >= 11 is 0. The monoisotopic (exact) mass is 265 g/mol. The highest BCUT2D eigenvalue weighted by molar-refractivity contribution is 4.91. The summed E-state index contributed by atoms with van der Waals surface area (Å²) in [6.07, 6.45) is 14.6. The highest BCUT2D eigenvalue weighted by atomic mass is 16.5. The van der Waals surface area contributed by atoms with Crippen LogP contribution in [-0.4, -0.2) is 25.8 Å². The van der Waals surface area contributed by atoms with Gasteiger partial charge in [0.2, 0.25) is 0 Å². The van der Waals surface area contributed by atoms with Crippen molar-refractivity contribution in [2.24, 2.45) is 17.8 Å². The molecule has 1 heterocycles. The smallest absolute Gasteiger partial charge is 0.0575 e. The molecule has 5 unspecified atom stereocenters. The van der Waals surface area contributed by atoms with Crippen molar-refractivity contribution >= 4 is 0 Å². The summed E-state index contributed by atoms with van der Waals surface area (Å²) in [6.45, 7) is 1.00. The van der Waals surface area contributed by atoms with Crippen LogP contribution in [-0.2, 0) is 4.74 Å². The highest BCUT2D eigenvalue weighted by Gasteiger charge is 2.39. The molecule has 0 radical (unpaired) electrons. The van der Waals surface area contributed by atoms with Crippen molar-refractivity contribution in [3.8, 4) is 0 Å². The van der Waals surface area contributed by atoms with E-state index >= 15 is 0 Å². The van der Waals surface area contributed by atoms with Gasteiger partial charge < -0.3 is 10.1 Å². The van der Waals surface area contributed by atoms with Gasteiger partial charge in [0.1, 0.15) is 0 Å². The lowest BCUT2D eigenvalue weighted by molar-refractivity contribution is 0.00815. The van der Waals surface area contributed by atoms with Crippen LogP contribution < -0.4 is 5.32 Å². The molecule has 0 spiro atoms. The zero-order valence-corrected chi connectivity index (χ0v) is 12.6. The van der Waals surface area contributed by atoms with Gasteiger partial charge in [0, 0.05) is 12.6 Å². The molecule has 2 heteroatoms. The third-order valence-electron chi connectivity index (χ3n) is 5.99. The molecule has 1 N–H and O–H groups in total. The van der Waals surface area contributed by atoms with Crippen molar-refractivity contribution in [2.75, 3.05) is 13.7 Å². The molecule has 2 bridgehead atoms. The Morgan fingerprint density at radius 2 is 2.11 bits per heavy atom. The quantitative estimate of drug-likeness (QED) is 0.789. The fraction of sp³-hybridized carbons (Fsp3) is 1.00. The number of nitrogens with one attached hydrogen (secondary N) is 1. The Balaban J connectivity index is 1.40. The van der Waals surface area contributed by atoms with Crippen LogP contribution in [0.15, 0.2) is 0 Å². The van der Waals surface area contributed by atoms with Crippen LogP contribution in [0.4, 0.5) is 0 Å².